The zero-order valence-electron chi connectivity index (χ0n) is 70.9. The number of aliphatic imine (C=N–C) groups is 5. The number of guanidine groups is 5. The lowest BCUT2D eigenvalue weighted by Crippen LogP contribution is -2.61. The fourth-order valence-corrected chi connectivity index (χ4v) is 13.8. The van der Waals surface area contributed by atoms with Crippen molar-refractivity contribution in [3.63, 3.8) is 0 Å². The second kappa shape index (κ2) is 56.8. The predicted molar refractivity (Wildman–Crippen MR) is 457 cm³/mol. The van der Waals surface area contributed by atoms with Crippen molar-refractivity contribution in [2.45, 2.75) is 266 Å². The molecule has 0 unspecified atom stereocenters. The number of carbonyl (C=O) groups is 15. The van der Waals surface area contributed by atoms with Crippen LogP contribution in [-0.4, -0.2) is 290 Å². The van der Waals surface area contributed by atoms with Gasteiger partial charge in [-0.25, -0.2) is 0 Å². The summed E-state index contributed by atoms with van der Waals surface area (Å²) in [4.78, 5) is 241. The highest BCUT2D eigenvalue weighted by Crippen LogP contribution is 2.27. The van der Waals surface area contributed by atoms with Gasteiger partial charge in [0.2, 0.25) is 88.6 Å². The molecule has 0 aromatic heterocycles. The summed E-state index contributed by atoms with van der Waals surface area (Å²) in [6.07, 6.45) is -2.09. The van der Waals surface area contributed by atoms with E-state index in [0.29, 0.717) is 25.7 Å². The average molecular weight is 1750 g/mol. The van der Waals surface area contributed by atoms with Crippen molar-refractivity contribution >= 4 is 118 Å². The van der Waals surface area contributed by atoms with Crippen LogP contribution in [0.1, 0.15) is 181 Å². The molecule has 41 N–H and O–H groups in total. The topological polar surface area (TPSA) is 853 Å². The van der Waals surface area contributed by atoms with Gasteiger partial charge in [0.15, 0.2) is 29.8 Å². The Morgan fingerprint density at radius 3 is 1.02 bits per heavy atom. The predicted octanol–water partition coefficient (Wildman–Crippen LogP) is -11.6. The monoisotopic (exact) mass is 1740 g/mol. The maximum atomic E-state index is 15.2. The summed E-state index contributed by atoms with van der Waals surface area (Å²) in [7, 11) is 0. The molecular formula is C74H137N33O16. The lowest BCUT2D eigenvalue weighted by atomic mass is 10.0. The van der Waals surface area contributed by atoms with Crippen LogP contribution in [0.3, 0.4) is 0 Å². The first-order valence-corrected chi connectivity index (χ1v) is 41.9. The Morgan fingerprint density at radius 2 is 0.650 bits per heavy atom. The van der Waals surface area contributed by atoms with Crippen LogP contribution in [0, 0.1) is 5.92 Å². The molecule has 123 heavy (non-hydrogen) atoms. The number of aliphatic hydroxyl groups excluding tert-OH is 1. The summed E-state index contributed by atoms with van der Waals surface area (Å²) < 4.78 is 0. The van der Waals surface area contributed by atoms with E-state index in [0.717, 1.165) is 6.92 Å². The number of nitrogens with one attached hydrogen (secondary N) is 12. The number of nitrogens with zero attached hydrogens (tertiary/aromatic N) is 7. The molecule has 3 heterocycles. The SMILES string of the molecule is CC(C)C[C@@H]1NC(=O)[C@H](CCCN=C(N)N)NC(=O)[C@H](CCCN=C(N)N)NC(=O)CNC(=O)[C@H](CCCCN)NC(=O)[C@H]([C@@H](C)O)NC(=O)[C@H](CCCN=C(N)N)NC(=O)[C@H](CCC(N)=O)NC(=O)[C@H](CCCN=C(N)N)NC(=O)[C@H](CCCCN)NC(=O)[C@H]2CCCN2C(=O)[C@@H]2CCCN2C(=O)[C@H](CCCN=C(N)N)NC(=O)[C@H](CCCN)NC1=O. The standard InChI is InChI=1S/C74H137N33O16/c1-40(2)38-51-65(119)99-45(18-8-30-77)61(115)103-50(23-13-35-93-74(87)88)68(122)107-37-15-25-53(107)69(123)106-36-14-24-52(106)66(120)101-44(17-5-7-29-76)59(113)97-46(20-10-32-90-71(81)82)60(114)100-49(26-27-54(78)109)63(117)98-48(22-12-34-92-73(85)86)64(118)105-56(41(3)108)67(121)102-42(16-4-6-28-75)57(111)94-39-55(110)95-43(19-9-31-89-70(79)80)58(112)96-47(62(116)104-51)21-11-33-91-72(83)84/h40-53,56,108H,4-39,75-77H2,1-3H3,(H2,78,109)(H,94,111)(H,95,110)(H,96,112)(H,97,113)(H,98,117)(H,99,119)(H,100,114)(H,101,120)(H,102,121)(H,103,115)(H,104,116)(H,105,118)(H4,79,80,89)(H4,81,82,90)(H4,83,84,91)(H4,85,86,92)(H4,87,88,93)/t41-,42+,43+,44+,45+,46+,47+,48+,49+,50+,51+,52-,53+,56+/m1/s1. The van der Waals surface area contributed by atoms with Crippen molar-refractivity contribution in [2.75, 3.05) is 72.0 Å². The third-order valence-electron chi connectivity index (χ3n) is 20.2. The van der Waals surface area contributed by atoms with Crippen molar-refractivity contribution in [1.82, 2.24) is 73.6 Å². The number of fused-ring (bicyclic) bond motifs is 2. The zero-order valence-corrected chi connectivity index (χ0v) is 70.9. The number of unbranched alkanes of at least 4 members (excludes halogenated alkanes) is 2. The van der Waals surface area contributed by atoms with Crippen LogP contribution >= 0.6 is 0 Å². The van der Waals surface area contributed by atoms with E-state index >= 15 is 9.59 Å². The van der Waals surface area contributed by atoms with Gasteiger partial charge in [-0.3, -0.25) is 96.9 Å². The molecule has 0 aromatic carbocycles. The molecule has 15 amide bonds. The first kappa shape index (κ1) is 105. The third-order valence-corrected chi connectivity index (χ3v) is 20.2. The Balaban J connectivity index is 2.38. The molecule has 694 valence electrons. The van der Waals surface area contributed by atoms with E-state index < -0.39 is 193 Å². The quantitative estimate of drug-likeness (QED) is 0.0156. The Labute approximate surface area is 715 Å². The van der Waals surface area contributed by atoms with Crippen LogP contribution in [0.4, 0.5) is 0 Å². The molecular weight excluding hydrogens is 1610 g/mol. The Morgan fingerprint density at radius 1 is 0.350 bits per heavy atom. The van der Waals surface area contributed by atoms with E-state index in [1.165, 1.54) is 9.80 Å². The lowest BCUT2D eigenvalue weighted by molar-refractivity contribution is -0.148. The number of primary amides is 1. The summed E-state index contributed by atoms with van der Waals surface area (Å²) in [5, 5.41) is 42.5. The molecule has 3 rings (SSSR count). The minimum Gasteiger partial charge on any atom is -0.391 e. The average Bonchev–Trinajstić information content (AvgIpc) is 1.66. The maximum absolute atomic E-state index is 15.2. The van der Waals surface area contributed by atoms with Crippen molar-refractivity contribution in [1.29, 1.82) is 0 Å². The Hall–Kier alpha value is -11.8. The van der Waals surface area contributed by atoms with Gasteiger partial charge in [-0.15, -0.1) is 0 Å². The summed E-state index contributed by atoms with van der Waals surface area (Å²) in [5.74, 6) is -15.9. The third kappa shape index (κ3) is 40.2. The van der Waals surface area contributed by atoms with E-state index in [1.807, 2.05) is 0 Å². The number of aliphatic hydroxyl groups is 1. The van der Waals surface area contributed by atoms with E-state index in [-0.39, 0.29) is 223 Å². The molecule has 0 aromatic rings. The number of carbonyl (C=O) groups excluding carboxylic acids is 15. The van der Waals surface area contributed by atoms with E-state index in [1.54, 1.807) is 13.8 Å². The normalized spacial score (nSPS) is 24.3. The zero-order chi connectivity index (χ0) is 91.8. The molecule has 3 saturated heterocycles. The van der Waals surface area contributed by atoms with Gasteiger partial charge in [0, 0.05) is 52.2 Å². The Kier molecular flexibility index (Phi) is 48.6. The van der Waals surface area contributed by atoms with Crippen LogP contribution in [0.5, 0.6) is 0 Å². The van der Waals surface area contributed by atoms with Gasteiger partial charge in [-0.2, -0.15) is 0 Å². The highest BCUT2D eigenvalue weighted by Gasteiger charge is 2.46. The van der Waals surface area contributed by atoms with Gasteiger partial charge in [0.05, 0.1) is 12.6 Å². The van der Waals surface area contributed by atoms with Crippen molar-refractivity contribution in [2.24, 2.45) is 111 Å². The fourth-order valence-electron chi connectivity index (χ4n) is 13.8. The molecule has 14 atom stereocenters. The maximum Gasteiger partial charge on any atom is 0.246 e. The van der Waals surface area contributed by atoms with Crippen LogP contribution in [0.25, 0.3) is 0 Å². The van der Waals surface area contributed by atoms with Gasteiger partial charge < -0.3 is 159 Å². The smallest absolute Gasteiger partial charge is 0.246 e. The van der Waals surface area contributed by atoms with Gasteiger partial charge in [0.25, 0.3) is 0 Å². The highest BCUT2D eigenvalue weighted by atomic mass is 16.3. The minimum atomic E-state index is -1.91. The number of hydrogen-bond donors (Lipinski definition) is 27. The summed E-state index contributed by atoms with van der Waals surface area (Å²) >= 11 is 0. The number of nitrogens with two attached hydrogens (primary N) is 14. The van der Waals surface area contributed by atoms with Gasteiger partial charge in [-0.05, 0) is 187 Å². The summed E-state index contributed by atoms with van der Waals surface area (Å²) in [6, 6.07) is -19.6. The fraction of sp³-hybridized carbons (Fsp3) is 0.730. The largest absolute Gasteiger partial charge is 0.391 e. The first-order chi connectivity index (χ1) is 58.3. The molecule has 0 aliphatic carbocycles. The van der Waals surface area contributed by atoms with Crippen LogP contribution in [0.2, 0.25) is 0 Å². The van der Waals surface area contributed by atoms with Gasteiger partial charge >= 0.3 is 0 Å². The molecule has 3 aliphatic rings. The van der Waals surface area contributed by atoms with Crippen molar-refractivity contribution in [3.05, 3.63) is 0 Å². The molecule has 49 nitrogen and oxygen atoms in total. The van der Waals surface area contributed by atoms with Crippen LogP contribution in [-0.2, 0) is 71.9 Å². The van der Waals surface area contributed by atoms with Crippen molar-refractivity contribution in [3.8, 4) is 0 Å². The van der Waals surface area contributed by atoms with E-state index in [2.05, 4.69) is 88.8 Å². The van der Waals surface area contributed by atoms with Gasteiger partial charge in [0.1, 0.15) is 78.5 Å². The van der Waals surface area contributed by atoms with E-state index in [9.17, 15) is 67.4 Å². The molecule has 49 heteroatoms. The highest BCUT2D eigenvalue weighted by molar-refractivity contribution is 6.01. The summed E-state index contributed by atoms with van der Waals surface area (Å²) in [6.45, 7) is 3.78. The second-order valence-corrected chi connectivity index (χ2v) is 30.9. The van der Waals surface area contributed by atoms with Crippen LogP contribution < -0.4 is 144 Å². The number of hydrogen-bond acceptors (Lipinski definition) is 24. The number of rotatable bonds is 37. The van der Waals surface area contributed by atoms with Crippen molar-refractivity contribution < 1.29 is 77.0 Å². The molecule has 0 spiro atoms. The minimum absolute atomic E-state index is 0.00293. The first-order valence-electron chi connectivity index (χ1n) is 41.9. The second-order valence-electron chi connectivity index (χ2n) is 30.9. The lowest BCUT2D eigenvalue weighted by Gasteiger charge is -2.34. The van der Waals surface area contributed by atoms with Gasteiger partial charge in [-0.1, -0.05) is 13.8 Å². The van der Waals surface area contributed by atoms with Crippen LogP contribution in [0.15, 0.2) is 25.0 Å². The molecule has 0 saturated carbocycles. The molecule has 3 fully saturated rings. The Bertz CT molecular complexity index is 3640. The van der Waals surface area contributed by atoms with E-state index in [4.69, 9.17) is 80.3 Å². The molecule has 0 radical (unpaired) electrons. The molecule has 3 aliphatic heterocycles. The summed E-state index contributed by atoms with van der Waals surface area (Å²) in [5.41, 5.74) is 79.5. The number of amides is 15. The molecule has 0 bridgehead atoms.